The van der Waals surface area contributed by atoms with Crippen molar-refractivity contribution in [1.82, 2.24) is 24.5 Å². The summed E-state index contributed by atoms with van der Waals surface area (Å²) in [6.45, 7) is 2.32. The van der Waals surface area contributed by atoms with E-state index in [0.29, 0.717) is 22.2 Å². The number of ether oxygens (including phenoxy) is 1. The van der Waals surface area contributed by atoms with E-state index in [2.05, 4.69) is 15.2 Å². The summed E-state index contributed by atoms with van der Waals surface area (Å²) in [5.74, 6) is -0.637. The lowest BCUT2D eigenvalue weighted by molar-refractivity contribution is -0.140. The second-order valence-corrected chi connectivity index (χ2v) is 7.60. The molecule has 9 nitrogen and oxygen atoms in total. The standard InChI is InChI=1S/C21H22N6O3/c1-12(21(28)29)26-11-15-19(25-26)14-6-5-13(10-16(14)24-20(15)22)17-7-8-23-27(17)18-4-2-3-9-30-18/h5-8,10-12,18H,2-4,9H2,1H3,(H2,22,24)(H,28,29). The van der Waals surface area contributed by atoms with Crippen LogP contribution in [0, 0.1) is 0 Å². The van der Waals surface area contributed by atoms with Gasteiger partial charge in [-0.1, -0.05) is 6.07 Å². The predicted octanol–water partition coefficient (Wildman–Crippen LogP) is 3.37. The summed E-state index contributed by atoms with van der Waals surface area (Å²) < 4.78 is 9.23. The van der Waals surface area contributed by atoms with E-state index in [1.807, 2.05) is 28.9 Å². The Kier molecular flexibility index (Phi) is 4.39. The molecule has 154 valence electrons. The zero-order valence-corrected chi connectivity index (χ0v) is 16.5. The zero-order valence-electron chi connectivity index (χ0n) is 16.5. The molecule has 2 atom stereocenters. The topological polar surface area (TPSA) is 121 Å². The van der Waals surface area contributed by atoms with Crippen molar-refractivity contribution in [3.05, 3.63) is 36.7 Å². The predicted molar refractivity (Wildman–Crippen MR) is 112 cm³/mol. The first-order valence-corrected chi connectivity index (χ1v) is 9.99. The van der Waals surface area contributed by atoms with Gasteiger partial charge in [0.15, 0.2) is 6.23 Å². The minimum Gasteiger partial charge on any atom is -0.480 e. The van der Waals surface area contributed by atoms with Gasteiger partial charge in [-0.3, -0.25) is 4.68 Å². The highest BCUT2D eigenvalue weighted by Gasteiger charge is 2.21. The third-order valence-electron chi connectivity index (χ3n) is 5.65. The molecule has 0 radical (unpaired) electrons. The second-order valence-electron chi connectivity index (χ2n) is 7.60. The van der Waals surface area contributed by atoms with Crippen LogP contribution in [0.1, 0.15) is 38.5 Å². The van der Waals surface area contributed by atoms with Crippen LogP contribution in [0.3, 0.4) is 0 Å². The van der Waals surface area contributed by atoms with E-state index < -0.39 is 12.0 Å². The minimum atomic E-state index is -0.959. The summed E-state index contributed by atoms with van der Waals surface area (Å²) >= 11 is 0. The van der Waals surface area contributed by atoms with Gasteiger partial charge < -0.3 is 15.6 Å². The summed E-state index contributed by atoms with van der Waals surface area (Å²) in [5, 5.41) is 19.7. The molecule has 9 heteroatoms. The maximum Gasteiger partial charge on any atom is 0.328 e. The average Bonchev–Trinajstić information content (AvgIpc) is 3.41. The van der Waals surface area contributed by atoms with Gasteiger partial charge in [-0.05, 0) is 44.4 Å². The molecule has 3 aromatic heterocycles. The molecule has 30 heavy (non-hydrogen) atoms. The smallest absolute Gasteiger partial charge is 0.328 e. The van der Waals surface area contributed by atoms with Crippen molar-refractivity contribution in [2.24, 2.45) is 0 Å². The van der Waals surface area contributed by atoms with Gasteiger partial charge in [-0.15, -0.1) is 0 Å². The number of nitrogens with zero attached hydrogens (tertiary/aromatic N) is 5. The molecule has 1 aromatic carbocycles. The molecule has 4 heterocycles. The number of benzene rings is 1. The Hall–Kier alpha value is -3.46. The van der Waals surface area contributed by atoms with Gasteiger partial charge in [0, 0.05) is 30.0 Å². The van der Waals surface area contributed by atoms with Gasteiger partial charge in [0.25, 0.3) is 0 Å². The number of nitrogen functional groups attached to an aromatic ring is 1. The lowest BCUT2D eigenvalue weighted by Gasteiger charge is -2.24. The molecule has 5 rings (SSSR count). The van der Waals surface area contributed by atoms with Crippen LogP contribution < -0.4 is 5.73 Å². The number of carbonyl (C=O) groups is 1. The van der Waals surface area contributed by atoms with E-state index in [4.69, 9.17) is 10.5 Å². The number of aromatic nitrogens is 5. The van der Waals surface area contributed by atoms with E-state index in [1.54, 1.807) is 19.3 Å². The summed E-state index contributed by atoms with van der Waals surface area (Å²) in [4.78, 5) is 15.9. The lowest BCUT2D eigenvalue weighted by Crippen LogP contribution is -2.19. The highest BCUT2D eigenvalue weighted by molar-refractivity contribution is 6.08. The first-order valence-electron chi connectivity index (χ1n) is 9.99. The Labute approximate surface area is 172 Å². The second kappa shape index (κ2) is 7.10. The van der Waals surface area contributed by atoms with Crippen LogP contribution in [0.25, 0.3) is 33.1 Å². The van der Waals surface area contributed by atoms with Crippen molar-refractivity contribution in [2.75, 3.05) is 12.3 Å². The van der Waals surface area contributed by atoms with Crippen LogP contribution in [0.4, 0.5) is 5.82 Å². The number of nitrogens with two attached hydrogens (primary N) is 1. The Morgan fingerprint density at radius 1 is 1.30 bits per heavy atom. The number of hydrogen-bond donors (Lipinski definition) is 2. The fourth-order valence-corrected chi connectivity index (χ4v) is 3.95. The number of anilines is 1. The summed E-state index contributed by atoms with van der Waals surface area (Å²) in [5.41, 5.74) is 9.43. The van der Waals surface area contributed by atoms with Gasteiger partial charge >= 0.3 is 5.97 Å². The van der Waals surface area contributed by atoms with Crippen molar-refractivity contribution in [3.63, 3.8) is 0 Å². The number of carboxylic acids is 1. The maximum atomic E-state index is 11.3. The van der Waals surface area contributed by atoms with Crippen molar-refractivity contribution in [2.45, 2.75) is 38.5 Å². The number of aliphatic carboxylic acids is 1. The molecule has 0 spiro atoms. The van der Waals surface area contributed by atoms with Crippen LogP contribution >= 0.6 is 0 Å². The Morgan fingerprint density at radius 3 is 2.93 bits per heavy atom. The van der Waals surface area contributed by atoms with E-state index in [0.717, 1.165) is 42.5 Å². The highest BCUT2D eigenvalue weighted by Crippen LogP contribution is 2.33. The van der Waals surface area contributed by atoms with Crippen LogP contribution in [0.15, 0.2) is 36.7 Å². The molecule has 3 N–H and O–H groups in total. The highest BCUT2D eigenvalue weighted by atomic mass is 16.5. The third kappa shape index (κ3) is 2.98. The summed E-state index contributed by atoms with van der Waals surface area (Å²) in [6, 6.07) is 7.07. The fraction of sp³-hybridized carbons (Fsp3) is 0.333. The molecule has 1 aliphatic heterocycles. The molecule has 4 aromatic rings. The van der Waals surface area contributed by atoms with Gasteiger partial charge in [0.1, 0.15) is 17.4 Å². The number of rotatable bonds is 4. The number of hydrogen-bond acceptors (Lipinski definition) is 6. The summed E-state index contributed by atoms with van der Waals surface area (Å²) in [6.07, 6.45) is 6.49. The molecule has 0 aliphatic carbocycles. The molecule has 1 saturated heterocycles. The van der Waals surface area contributed by atoms with E-state index in [9.17, 15) is 9.90 Å². The van der Waals surface area contributed by atoms with Gasteiger partial charge in [-0.25, -0.2) is 14.5 Å². The van der Waals surface area contributed by atoms with Gasteiger partial charge in [0.2, 0.25) is 0 Å². The molecular formula is C21H22N6O3. The molecule has 1 aliphatic rings. The van der Waals surface area contributed by atoms with Crippen LogP contribution in [0.5, 0.6) is 0 Å². The monoisotopic (exact) mass is 406 g/mol. The van der Waals surface area contributed by atoms with Crippen molar-refractivity contribution < 1.29 is 14.6 Å². The fourth-order valence-electron chi connectivity index (χ4n) is 3.95. The van der Waals surface area contributed by atoms with Crippen molar-refractivity contribution >= 4 is 33.6 Å². The minimum absolute atomic E-state index is 0.0619. The molecule has 0 amide bonds. The first-order chi connectivity index (χ1) is 14.5. The van der Waals surface area contributed by atoms with E-state index in [1.165, 1.54) is 4.68 Å². The maximum absolute atomic E-state index is 11.3. The number of carboxylic acid groups (broad SMARTS) is 1. The molecule has 0 bridgehead atoms. The third-order valence-corrected chi connectivity index (χ3v) is 5.65. The van der Waals surface area contributed by atoms with Crippen LogP contribution in [-0.4, -0.2) is 42.2 Å². The van der Waals surface area contributed by atoms with Gasteiger partial charge in [0.05, 0.1) is 16.6 Å². The Bertz CT molecular complexity index is 1250. The van der Waals surface area contributed by atoms with E-state index >= 15 is 0 Å². The SMILES string of the molecule is CC(C(=O)O)n1cc2c(N)nc3cc(-c4ccnn4C4CCCCO4)ccc3c2n1. The normalized spacial score (nSPS) is 18.1. The van der Waals surface area contributed by atoms with Gasteiger partial charge in [-0.2, -0.15) is 10.2 Å². The Balaban J connectivity index is 1.61. The lowest BCUT2D eigenvalue weighted by atomic mass is 10.1. The van der Waals surface area contributed by atoms with Crippen molar-refractivity contribution in [3.8, 4) is 11.3 Å². The number of pyridine rings is 1. The molecule has 0 saturated carbocycles. The molecule has 1 fully saturated rings. The molecule has 2 unspecified atom stereocenters. The molecular weight excluding hydrogens is 384 g/mol. The number of fused-ring (bicyclic) bond motifs is 3. The van der Waals surface area contributed by atoms with Crippen molar-refractivity contribution in [1.29, 1.82) is 0 Å². The zero-order chi connectivity index (χ0) is 20.8. The van der Waals surface area contributed by atoms with Crippen LogP contribution in [0.2, 0.25) is 0 Å². The average molecular weight is 406 g/mol. The van der Waals surface area contributed by atoms with E-state index in [-0.39, 0.29) is 6.23 Å². The quantitative estimate of drug-likeness (QED) is 0.533. The largest absolute Gasteiger partial charge is 0.480 e. The summed E-state index contributed by atoms with van der Waals surface area (Å²) in [7, 11) is 0. The Morgan fingerprint density at radius 2 is 2.17 bits per heavy atom. The first kappa shape index (κ1) is 18.6. The van der Waals surface area contributed by atoms with Crippen LogP contribution in [-0.2, 0) is 9.53 Å².